The van der Waals surface area contributed by atoms with Gasteiger partial charge in [0.2, 0.25) is 0 Å². The van der Waals surface area contributed by atoms with Gasteiger partial charge in [0.25, 0.3) is 0 Å². The molecule has 0 fully saturated rings. The van der Waals surface area contributed by atoms with Crippen LogP contribution in [0.15, 0.2) is 71.8 Å². The molecule has 0 heterocycles. The number of carbonyl (C=O) groups excluding carboxylic acids is 2. The lowest BCUT2D eigenvalue weighted by molar-refractivity contribution is -0.136. The van der Waals surface area contributed by atoms with E-state index in [-0.39, 0.29) is 0 Å². The lowest BCUT2D eigenvalue weighted by atomic mass is 10.2. The zero-order valence-electron chi connectivity index (χ0n) is 18.6. The van der Waals surface area contributed by atoms with Gasteiger partial charge < -0.3 is 19.5 Å². The van der Waals surface area contributed by atoms with E-state index >= 15 is 0 Å². The van der Waals surface area contributed by atoms with E-state index in [1.165, 1.54) is 18.9 Å². The standard InChI is InChI=1S/C25H25N3O5/c1-17-8-10-18(11-9-17)16-33-22-13-12-19(14-23(22)32-3)15-26-28-25(30)24(29)27-20-6-4-5-7-21(20)31-2/h4-15H,16H2,1-3H3,(H,27,29)(H,28,30)/b26-15+. The number of hydrogen-bond donors (Lipinski definition) is 2. The monoisotopic (exact) mass is 447 g/mol. The topological polar surface area (TPSA) is 98.2 Å². The quantitative estimate of drug-likeness (QED) is 0.312. The number of methoxy groups -OCH3 is 2. The Hall–Kier alpha value is -4.33. The highest BCUT2D eigenvalue weighted by atomic mass is 16.5. The second-order valence-electron chi connectivity index (χ2n) is 7.04. The summed E-state index contributed by atoms with van der Waals surface area (Å²) in [5, 5.41) is 6.32. The van der Waals surface area contributed by atoms with Crippen molar-refractivity contribution in [3.63, 3.8) is 0 Å². The Kier molecular flexibility index (Phi) is 8.02. The van der Waals surface area contributed by atoms with Crippen LogP contribution in [-0.2, 0) is 16.2 Å². The van der Waals surface area contributed by atoms with Gasteiger partial charge in [0.1, 0.15) is 12.4 Å². The third-order valence-electron chi connectivity index (χ3n) is 4.64. The molecule has 0 atom stereocenters. The molecule has 2 N–H and O–H groups in total. The number of hydrogen-bond acceptors (Lipinski definition) is 6. The van der Waals surface area contributed by atoms with Crippen molar-refractivity contribution in [2.75, 3.05) is 19.5 Å². The summed E-state index contributed by atoms with van der Waals surface area (Å²) in [6.45, 7) is 2.44. The lowest BCUT2D eigenvalue weighted by Crippen LogP contribution is -2.32. The second-order valence-corrected chi connectivity index (χ2v) is 7.04. The van der Waals surface area contributed by atoms with Crippen molar-refractivity contribution in [1.82, 2.24) is 5.43 Å². The molecule has 0 aliphatic rings. The summed E-state index contributed by atoms with van der Waals surface area (Å²) in [6.07, 6.45) is 1.40. The molecule has 0 saturated heterocycles. The Labute approximate surface area is 192 Å². The SMILES string of the molecule is COc1ccccc1NC(=O)C(=O)N/N=C/c1ccc(OCc2ccc(C)cc2)c(OC)c1. The maximum absolute atomic E-state index is 12.1. The van der Waals surface area contributed by atoms with Crippen LogP contribution in [-0.4, -0.2) is 32.2 Å². The minimum Gasteiger partial charge on any atom is -0.495 e. The molecule has 0 spiro atoms. The molecule has 0 aromatic heterocycles. The maximum Gasteiger partial charge on any atom is 0.329 e. The molecule has 8 heteroatoms. The number of benzene rings is 3. The van der Waals surface area contributed by atoms with E-state index in [2.05, 4.69) is 15.8 Å². The molecule has 170 valence electrons. The minimum absolute atomic E-state index is 0.384. The summed E-state index contributed by atoms with van der Waals surface area (Å²) in [5.74, 6) is -0.239. The van der Waals surface area contributed by atoms with E-state index < -0.39 is 11.8 Å². The Morgan fingerprint density at radius 3 is 2.33 bits per heavy atom. The molecular weight excluding hydrogens is 422 g/mol. The molecule has 0 unspecified atom stereocenters. The van der Waals surface area contributed by atoms with E-state index in [4.69, 9.17) is 14.2 Å². The number of hydrazone groups is 1. The number of nitrogens with zero attached hydrogens (tertiary/aromatic N) is 1. The Balaban J connectivity index is 1.57. The first-order valence-corrected chi connectivity index (χ1v) is 10.1. The van der Waals surface area contributed by atoms with Gasteiger partial charge in [0.05, 0.1) is 26.1 Å². The van der Waals surface area contributed by atoms with E-state index in [0.29, 0.717) is 35.1 Å². The Morgan fingerprint density at radius 2 is 1.61 bits per heavy atom. The van der Waals surface area contributed by atoms with Crippen molar-refractivity contribution in [3.8, 4) is 17.2 Å². The van der Waals surface area contributed by atoms with Crippen molar-refractivity contribution < 1.29 is 23.8 Å². The van der Waals surface area contributed by atoms with Crippen molar-refractivity contribution in [1.29, 1.82) is 0 Å². The minimum atomic E-state index is -0.915. The number of ether oxygens (including phenoxy) is 3. The molecule has 0 bridgehead atoms. The summed E-state index contributed by atoms with van der Waals surface area (Å²) in [7, 11) is 3.02. The molecule has 0 saturated carbocycles. The fourth-order valence-corrected chi connectivity index (χ4v) is 2.87. The van der Waals surface area contributed by atoms with Crippen LogP contribution in [0.2, 0.25) is 0 Å². The summed E-state index contributed by atoms with van der Waals surface area (Å²) < 4.78 is 16.4. The van der Waals surface area contributed by atoms with Crippen LogP contribution in [0.1, 0.15) is 16.7 Å². The van der Waals surface area contributed by atoms with Gasteiger partial charge in [-0.15, -0.1) is 0 Å². The number of aryl methyl sites for hydroxylation is 1. The van der Waals surface area contributed by atoms with Gasteiger partial charge >= 0.3 is 11.8 Å². The highest BCUT2D eigenvalue weighted by Gasteiger charge is 2.15. The van der Waals surface area contributed by atoms with Gasteiger partial charge in [0.15, 0.2) is 11.5 Å². The van der Waals surface area contributed by atoms with Gasteiger partial charge in [-0.2, -0.15) is 5.10 Å². The van der Waals surface area contributed by atoms with E-state index in [1.54, 1.807) is 49.6 Å². The normalized spacial score (nSPS) is 10.5. The van der Waals surface area contributed by atoms with Crippen LogP contribution in [0.4, 0.5) is 5.69 Å². The number of nitrogens with one attached hydrogen (secondary N) is 2. The predicted molar refractivity (Wildman–Crippen MR) is 126 cm³/mol. The van der Waals surface area contributed by atoms with E-state index in [0.717, 1.165) is 5.56 Å². The zero-order chi connectivity index (χ0) is 23.6. The molecule has 33 heavy (non-hydrogen) atoms. The average molecular weight is 447 g/mol. The summed E-state index contributed by atoms with van der Waals surface area (Å²) in [6, 6.07) is 20.1. The van der Waals surface area contributed by atoms with Crippen molar-refractivity contribution >= 4 is 23.7 Å². The Bertz CT molecular complexity index is 1140. The number of para-hydroxylation sites is 2. The number of rotatable bonds is 8. The average Bonchev–Trinajstić information content (AvgIpc) is 2.84. The van der Waals surface area contributed by atoms with Crippen molar-refractivity contribution in [2.45, 2.75) is 13.5 Å². The molecule has 0 aliphatic heterocycles. The molecule has 3 aromatic carbocycles. The zero-order valence-corrected chi connectivity index (χ0v) is 18.6. The van der Waals surface area contributed by atoms with Gasteiger partial charge in [-0.1, -0.05) is 42.0 Å². The molecule has 2 amide bonds. The molecule has 0 radical (unpaired) electrons. The second kappa shape index (κ2) is 11.3. The molecule has 0 aliphatic carbocycles. The van der Waals surface area contributed by atoms with Gasteiger partial charge in [-0.25, -0.2) is 5.43 Å². The molecule has 8 nitrogen and oxygen atoms in total. The van der Waals surface area contributed by atoms with Crippen LogP contribution in [0.25, 0.3) is 0 Å². The van der Waals surface area contributed by atoms with Gasteiger partial charge in [-0.3, -0.25) is 9.59 Å². The van der Waals surface area contributed by atoms with Crippen LogP contribution in [0, 0.1) is 6.92 Å². The van der Waals surface area contributed by atoms with E-state index in [1.807, 2.05) is 31.2 Å². The first kappa shape index (κ1) is 23.3. The summed E-state index contributed by atoms with van der Waals surface area (Å²) in [5.41, 5.74) is 5.46. The van der Waals surface area contributed by atoms with Crippen LogP contribution in [0.3, 0.4) is 0 Å². The molecule has 3 aromatic rings. The lowest BCUT2D eigenvalue weighted by Gasteiger charge is -2.11. The van der Waals surface area contributed by atoms with Crippen molar-refractivity contribution in [3.05, 3.63) is 83.4 Å². The number of anilines is 1. The smallest absolute Gasteiger partial charge is 0.329 e. The van der Waals surface area contributed by atoms with E-state index in [9.17, 15) is 9.59 Å². The third-order valence-corrected chi connectivity index (χ3v) is 4.64. The van der Waals surface area contributed by atoms with Crippen LogP contribution < -0.4 is 25.0 Å². The largest absolute Gasteiger partial charge is 0.495 e. The molecule has 3 rings (SSSR count). The van der Waals surface area contributed by atoms with Crippen molar-refractivity contribution in [2.24, 2.45) is 5.10 Å². The highest BCUT2D eigenvalue weighted by molar-refractivity contribution is 6.39. The molecular formula is C25H25N3O5. The van der Waals surface area contributed by atoms with Crippen LogP contribution >= 0.6 is 0 Å². The fraction of sp³-hybridized carbons (Fsp3) is 0.160. The maximum atomic E-state index is 12.1. The summed E-state index contributed by atoms with van der Waals surface area (Å²) in [4.78, 5) is 24.1. The number of amides is 2. The first-order chi connectivity index (χ1) is 16.0. The summed E-state index contributed by atoms with van der Waals surface area (Å²) >= 11 is 0. The highest BCUT2D eigenvalue weighted by Crippen LogP contribution is 2.28. The fourth-order valence-electron chi connectivity index (χ4n) is 2.87. The van der Waals surface area contributed by atoms with Gasteiger partial charge in [0, 0.05) is 0 Å². The first-order valence-electron chi connectivity index (χ1n) is 10.1. The van der Waals surface area contributed by atoms with Crippen LogP contribution in [0.5, 0.6) is 17.2 Å². The predicted octanol–water partition coefficient (Wildman–Crippen LogP) is 3.68. The number of carbonyl (C=O) groups is 2. The van der Waals surface area contributed by atoms with Gasteiger partial charge in [-0.05, 0) is 48.4 Å². The third kappa shape index (κ3) is 6.57. The Morgan fingerprint density at radius 1 is 0.879 bits per heavy atom.